The fraction of sp³-hybridized carbons (Fsp3) is 0.500. The summed E-state index contributed by atoms with van der Waals surface area (Å²) in [6.45, 7) is 4.69. The van der Waals surface area contributed by atoms with Crippen LogP contribution in [0, 0.1) is 5.92 Å². The lowest BCUT2D eigenvalue weighted by Crippen LogP contribution is -2.33. The summed E-state index contributed by atoms with van der Waals surface area (Å²) in [7, 11) is 1.66. The molecule has 0 saturated carbocycles. The molecule has 0 spiro atoms. The molecule has 0 amide bonds. The highest BCUT2D eigenvalue weighted by Crippen LogP contribution is 2.28. The third-order valence-electron chi connectivity index (χ3n) is 4.05. The minimum Gasteiger partial charge on any atom is -0.493 e. The van der Waals surface area contributed by atoms with Crippen molar-refractivity contribution in [3.8, 4) is 5.75 Å². The van der Waals surface area contributed by atoms with Crippen LogP contribution in [0.4, 0.5) is 0 Å². The normalized spacial score (nSPS) is 20.4. The van der Waals surface area contributed by atoms with Gasteiger partial charge in [0.1, 0.15) is 5.76 Å². The Morgan fingerprint density at radius 1 is 1.45 bits per heavy atom. The molecule has 0 radical (unpaired) electrons. The summed E-state index contributed by atoms with van der Waals surface area (Å²) in [5.41, 5.74) is 0.823. The topological polar surface area (TPSA) is 43.6 Å². The Bertz CT molecular complexity index is 572. The monoisotopic (exact) mass is 275 g/mol. The summed E-state index contributed by atoms with van der Waals surface area (Å²) in [6.07, 6.45) is 1.14. The number of hydrogen-bond acceptors (Lipinski definition) is 4. The van der Waals surface area contributed by atoms with Gasteiger partial charge in [0.2, 0.25) is 0 Å². The molecule has 1 aliphatic heterocycles. The third-order valence-corrected chi connectivity index (χ3v) is 4.05. The van der Waals surface area contributed by atoms with Gasteiger partial charge in [0.05, 0.1) is 20.3 Å². The van der Waals surface area contributed by atoms with Crippen molar-refractivity contribution in [2.45, 2.75) is 25.9 Å². The fourth-order valence-electron chi connectivity index (χ4n) is 2.71. The summed E-state index contributed by atoms with van der Waals surface area (Å²) < 4.78 is 16.6. The number of methoxy groups -OCH3 is 1. The Balaban J connectivity index is 1.68. The first kappa shape index (κ1) is 13.5. The maximum absolute atomic E-state index is 5.88. The van der Waals surface area contributed by atoms with E-state index in [1.165, 1.54) is 0 Å². The molecule has 0 aliphatic carbocycles. The van der Waals surface area contributed by atoms with E-state index in [1.54, 1.807) is 7.11 Å². The van der Waals surface area contributed by atoms with Crippen LogP contribution in [-0.4, -0.2) is 26.4 Å². The molecule has 3 rings (SSSR count). The van der Waals surface area contributed by atoms with Crippen LogP contribution in [0.5, 0.6) is 5.75 Å². The smallest absolute Gasteiger partial charge is 0.176 e. The zero-order valence-corrected chi connectivity index (χ0v) is 12.0. The molecular formula is C16H21NO3. The van der Waals surface area contributed by atoms with Crippen LogP contribution in [-0.2, 0) is 11.3 Å². The van der Waals surface area contributed by atoms with Gasteiger partial charge in [-0.25, -0.2) is 0 Å². The summed E-state index contributed by atoms with van der Waals surface area (Å²) in [4.78, 5) is 0. The molecule has 4 heteroatoms. The zero-order chi connectivity index (χ0) is 13.9. The Morgan fingerprint density at radius 3 is 3.10 bits per heavy atom. The van der Waals surface area contributed by atoms with Gasteiger partial charge in [-0.2, -0.15) is 0 Å². The van der Waals surface area contributed by atoms with E-state index >= 15 is 0 Å². The van der Waals surface area contributed by atoms with Crippen molar-refractivity contribution >= 4 is 11.0 Å². The number of nitrogens with one attached hydrogen (secondary N) is 1. The minimum absolute atomic E-state index is 0.438. The molecule has 1 N–H and O–H groups in total. The first-order valence-electron chi connectivity index (χ1n) is 7.14. The molecule has 1 aromatic carbocycles. The number of rotatable bonds is 5. The van der Waals surface area contributed by atoms with Crippen LogP contribution in [0.15, 0.2) is 28.7 Å². The Kier molecular flexibility index (Phi) is 3.94. The molecule has 2 atom stereocenters. The van der Waals surface area contributed by atoms with E-state index in [4.69, 9.17) is 13.9 Å². The van der Waals surface area contributed by atoms with Crippen molar-refractivity contribution in [3.63, 3.8) is 0 Å². The third kappa shape index (κ3) is 2.67. The predicted molar refractivity (Wildman–Crippen MR) is 78.0 cm³/mol. The molecular weight excluding hydrogens is 254 g/mol. The van der Waals surface area contributed by atoms with Gasteiger partial charge in [0, 0.05) is 18.0 Å². The fourth-order valence-corrected chi connectivity index (χ4v) is 2.71. The molecule has 1 aliphatic rings. The van der Waals surface area contributed by atoms with Crippen molar-refractivity contribution < 1.29 is 13.9 Å². The Hall–Kier alpha value is -1.52. The van der Waals surface area contributed by atoms with Gasteiger partial charge in [-0.05, 0) is 31.4 Å². The predicted octanol–water partition coefficient (Wildman–Crippen LogP) is 2.96. The molecule has 2 heterocycles. The lowest BCUT2D eigenvalue weighted by molar-refractivity contribution is 0.178. The highest BCUT2D eigenvalue weighted by Gasteiger charge is 2.22. The lowest BCUT2D eigenvalue weighted by atomic mass is 10.0. The van der Waals surface area contributed by atoms with Crippen LogP contribution in [0.3, 0.4) is 0 Å². The van der Waals surface area contributed by atoms with Gasteiger partial charge >= 0.3 is 0 Å². The first-order valence-corrected chi connectivity index (χ1v) is 7.14. The van der Waals surface area contributed by atoms with Crippen molar-refractivity contribution in [1.82, 2.24) is 5.32 Å². The second-order valence-corrected chi connectivity index (χ2v) is 5.38. The van der Waals surface area contributed by atoms with E-state index in [1.807, 2.05) is 18.2 Å². The molecule has 2 unspecified atom stereocenters. The van der Waals surface area contributed by atoms with Crippen molar-refractivity contribution in [2.75, 3.05) is 20.3 Å². The number of hydrogen-bond donors (Lipinski definition) is 1. The van der Waals surface area contributed by atoms with Gasteiger partial charge < -0.3 is 19.2 Å². The van der Waals surface area contributed by atoms with Crippen LogP contribution < -0.4 is 10.1 Å². The van der Waals surface area contributed by atoms with E-state index < -0.39 is 0 Å². The Labute approximate surface area is 119 Å². The van der Waals surface area contributed by atoms with Crippen LogP contribution in [0.2, 0.25) is 0 Å². The largest absolute Gasteiger partial charge is 0.493 e. The zero-order valence-electron chi connectivity index (χ0n) is 12.0. The van der Waals surface area contributed by atoms with Crippen molar-refractivity contribution in [2.24, 2.45) is 5.92 Å². The second-order valence-electron chi connectivity index (χ2n) is 5.38. The van der Waals surface area contributed by atoms with Gasteiger partial charge in [0.15, 0.2) is 11.3 Å². The van der Waals surface area contributed by atoms with Gasteiger partial charge in [-0.15, -0.1) is 0 Å². The SMILES string of the molecule is COc1cccc2cc(CNC(C)C3CCOC3)oc12. The van der Waals surface area contributed by atoms with Crippen LogP contribution in [0.1, 0.15) is 19.1 Å². The van der Waals surface area contributed by atoms with Crippen molar-refractivity contribution in [1.29, 1.82) is 0 Å². The average molecular weight is 275 g/mol. The maximum Gasteiger partial charge on any atom is 0.176 e. The molecule has 1 aromatic heterocycles. The van der Waals surface area contributed by atoms with E-state index in [9.17, 15) is 0 Å². The maximum atomic E-state index is 5.88. The second kappa shape index (κ2) is 5.85. The summed E-state index contributed by atoms with van der Waals surface area (Å²) in [5.74, 6) is 2.33. The standard InChI is InChI=1S/C16H21NO3/c1-11(13-6-7-19-10-13)17-9-14-8-12-4-3-5-15(18-2)16(12)20-14/h3-5,8,11,13,17H,6-7,9-10H2,1-2H3. The number of ether oxygens (including phenoxy) is 2. The molecule has 4 nitrogen and oxygen atoms in total. The number of para-hydroxylation sites is 1. The minimum atomic E-state index is 0.438. The van der Waals surface area contributed by atoms with E-state index in [0.29, 0.717) is 12.0 Å². The van der Waals surface area contributed by atoms with Crippen LogP contribution in [0.25, 0.3) is 11.0 Å². The Morgan fingerprint density at radius 2 is 2.35 bits per heavy atom. The van der Waals surface area contributed by atoms with E-state index in [-0.39, 0.29) is 0 Å². The molecule has 2 aromatic rings. The van der Waals surface area contributed by atoms with E-state index in [0.717, 1.165) is 48.7 Å². The quantitative estimate of drug-likeness (QED) is 0.911. The van der Waals surface area contributed by atoms with E-state index in [2.05, 4.69) is 18.3 Å². The van der Waals surface area contributed by atoms with Gasteiger partial charge in [-0.3, -0.25) is 0 Å². The van der Waals surface area contributed by atoms with Crippen molar-refractivity contribution in [3.05, 3.63) is 30.0 Å². The number of fused-ring (bicyclic) bond motifs is 1. The lowest BCUT2D eigenvalue weighted by Gasteiger charge is -2.18. The molecule has 1 saturated heterocycles. The van der Waals surface area contributed by atoms with Crippen LogP contribution >= 0.6 is 0 Å². The highest BCUT2D eigenvalue weighted by molar-refractivity contribution is 5.83. The molecule has 20 heavy (non-hydrogen) atoms. The molecule has 1 fully saturated rings. The molecule has 0 bridgehead atoms. The summed E-state index contributed by atoms with van der Waals surface area (Å²) >= 11 is 0. The first-order chi connectivity index (χ1) is 9.78. The molecule has 108 valence electrons. The average Bonchev–Trinajstić information content (AvgIpc) is 3.12. The summed E-state index contributed by atoms with van der Waals surface area (Å²) in [5, 5.41) is 4.61. The number of benzene rings is 1. The van der Waals surface area contributed by atoms with Gasteiger partial charge in [-0.1, -0.05) is 12.1 Å². The number of furan rings is 1. The van der Waals surface area contributed by atoms with Gasteiger partial charge in [0.25, 0.3) is 0 Å². The summed E-state index contributed by atoms with van der Waals surface area (Å²) in [6, 6.07) is 8.45. The highest BCUT2D eigenvalue weighted by atomic mass is 16.5.